The SMILES string of the molecule is CCOc1cc([N+](=O)[O-])c(C(=O)Nc2ccc(F)c(-n3nnnc3C)c2)cc1OC. The molecule has 1 aromatic heterocycles. The quantitative estimate of drug-likeness (QED) is 0.459. The van der Waals surface area contributed by atoms with E-state index in [2.05, 4.69) is 20.8 Å². The highest BCUT2D eigenvalue weighted by atomic mass is 19.1. The van der Waals surface area contributed by atoms with Gasteiger partial charge in [0.15, 0.2) is 17.3 Å². The zero-order chi connectivity index (χ0) is 21.8. The number of anilines is 1. The average Bonchev–Trinajstić information content (AvgIpc) is 3.14. The van der Waals surface area contributed by atoms with Gasteiger partial charge in [-0.05, 0) is 42.5 Å². The first-order valence-corrected chi connectivity index (χ1v) is 8.71. The molecule has 0 bridgehead atoms. The molecule has 1 N–H and O–H groups in total. The molecular weight excluding hydrogens is 399 g/mol. The maximum absolute atomic E-state index is 14.2. The van der Waals surface area contributed by atoms with Crippen molar-refractivity contribution in [3.05, 3.63) is 57.7 Å². The third-order valence-corrected chi connectivity index (χ3v) is 4.08. The average molecular weight is 416 g/mol. The summed E-state index contributed by atoms with van der Waals surface area (Å²) >= 11 is 0. The van der Waals surface area contributed by atoms with E-state index in [4.69, 9.17) is 9.47 Å². The molecule has 0 spiro atoms. The highest BCUT2D eigenvalue weighted by Crippen LogP contribution is 2.35. The number of aromatic nitrogens is 4. The summed E-state index contributed by atoms with van der Waals surface area (Å²) in [5.74, 6) is -0.756. The summed E-state index contributed by atoms with van der Waals surface area (Å²) in [4.78, 5) is 23.6. The number of halogens is 1. The summed E-state index contributed by atoms with van der Waals surface area (Å²) in [5, 5.41) is 24.8. The fraction of sp³-hybridized carbons (Fsp3) is 0.222. The van der Waals surface area contributed by atoms with Gasteiger partial charge in [-0.3, -0.25) is 14.9 Å². The molecule has 0 aliphatic rings. The molecule has 0 atom stereocenters. The maximum atomic E-state index is 14.2. The Balaban J connectivity index is 1.98. The molecule has 1 heterocycles. The van der Waals surface area contributed by atoms with Gasteiger partial charge in [-0.2, -0.15) is 4.68 Å². The van der Waals surface area contributed by atoms with Crippen molar-refractivity contribution in [2.45, 2.75) is 13.8 Å². The van der Waals surface area contributed by atoms with Crippen molar-refractivity contribution in [1.82, 2.24) is 20.2 Å². The first-order chi connectivity index (χ1) is 14.3. The molecule has 11 nitrogen and oxygen atoms in total. The van der Waals surface area contributed by atoms with E-state index in [9.17, 15) is 19.3 Å². The van der Waals surface area contributed by atoms with Gasteiger partial charge in [0.05, 0.1) is 24.7 Å². The topological polar surface area (TPSA) is 134 Å². The Kier molecular flexibility index (Phi) is 5.85. The number of nitrogens with zero attached hydrogens (tertiary/aromatic N) is 5. The second-order valence-corrected chi connectivity index (χ2v) is 5.97. The van der Waals surface area contributed by atoms with Gasteiger partial charge in [-0.25, -0.2) is 4.39 Å². The van der Waals surface area contributed by atoms with Gasteiger partial charge in [0.25, 0.3) is 11.6 Å². The Morgan fingerprint density at radius 2 is 2.07 bits per heavy atom. The van der Waals surface area contributed by atoms with Crippen LogP contribution in [0, 0.1) is 22.9 Å². The number of carbonyl (C=O) groups excluding carboxylic acids is 1. The number of aryl methyl sites for hydroxylation is 1. The maximum Gasteiger partial charge on any atom is 0.286 e. The molecule has 0 aliphatic carbocycles. The number of hydrogen-bond acceptors (Lipinski definition) is 8. The fourth-order valence-corrected chi connectivity index (χ4v) is 2.72. The number of ether oxygens (including phenoxy) is 2. The molecule has 156 valence electrons. The van der Waals surface area contributed by atoms with Crippen LogP contribution in [-0.4, -0.2) is 44.8 Å². The molecular formula is C18H17FN6O5. The first-order valence-electron chi connectivity index (χ1n) is 8.71. The largest absolute Gasteiger partial charge is 0.493 e. The summed E-state index contributed by atoms with van der Waals surface area (Å²) < 4.78 is 25.9. The lowest BCUT2D eigenvalue weighted by molar-refractivity contribution is -0.385. The number of nitro benzene ring substituents is 1. The second kappa shape index (κ2) is 8.51. The number of nitrogens with one attached hydrogen (secondary N) is 1. The molecule has 30 heavy (non-hydrogen) atoms. The standard InChI is InChI=1S/C18H17FN6O5/c1-4-30-17-9-14(25(27)28)12(8-16(17)29-3)18(26)20-11-5-6-13(19)15(7-11)24-10(2)21-22-23-24/h5-9H,4H2,1-3H3,(H,20,26). The summed E-state index contributed by atoms with van der Waals surface area (Å²) in [6, 6.07) is 6.09. The Bertz CT molecular complexity index is 1120. The van der Waals surface area contributed by atoms with E-state index >= 15 is 0 Å². The minimum atomic E-state index is -0.783. The number of amides is 1. The van der Waals surface area contributed by atoms with Crippen LogP contribution in [0.25, 0.3) is 5.69 Å². The molecule has 2 aromatic carbocycles. The van der Waals surface area contributed by atoms with Crippen molar-refractivity contribution in [3.8, 4) is 17.2 Å². The van der Waals surface area contributed by atoms with E-state index < -0.39 is 22.3 Å². The van der Waals surface area contributed by atoms with Gasteiger partial charge in [0.2, 0.25) is 0 Å². The molecule has 0 saturated carbocycles. The van der Waals surface area contributed by atoms with Crippen LogP contribution in [0.2, 0.25) is 0 Å². The van der Waals surface area contributed by atoms with E-state index in [1.165, 1.54) is 25.3 Å². The minimum absolute atomic E-state index is 0.00840. The summed E-state index contributed by atoms with van der Waals surface area (Å²) in [6.45, 7) is 3.55. The number of carbonyl (C=O) groups is 1. The third-order valence-electron chi connectivity index (χ3n) is 4.08. The zero-order valence-corrected chi connectivity index (χ0v) is 16.2. The van der Waals surface area contributed by atoms with Crippen molar-refractivity contribution in [3.63, 3.8) is 0 Å². The molecule has 1 amide bonds. The van der Waals surface area contributed by atoms with Crippen molar-refractivity contribution in [1.29, 1.82) is 0 Å². The fourth-order valence-electron chi connectivity index (χ4n) is 2.72. The lowest BCUT2D eigenvalue weighted by Crippen LogP contribution is -2.15. The monoisotopic (exact) mass is 416 g/mol. The van der Waals surface area contributed by atoms with E-state index in [0.717, 1.165) is 16.8 Å². The number of tetrazole rings is 1. The molecule has 3 aromatic rings. The number of nitro groups is 1. The normalized spacial score (nSPS) is 10.5. The highest BCUT2D eigenvalue weighted by Gasteiger charge is 2.25. The molecule has 0 radical (unpaired) electrons. The van der Waals surface area contributed by atoms with E-state index in [-0.39, 0.29) is 35.0 Å². The lowest BCUT2D eigenvalue weighted by atomic mass is 10.1. The van der Waals surface area contributed by atoms with Crippen molar-refractivity contribution < 1.29 is 23.6 Å². The van der Waals surface area contributed by atoms with Gasteiger partial charge in [-0.1, -0.05) is 0 Å². The molecule has 12 heteroatoms. The van der Waals surface area contributed by atoms with Crippen LogP contribution in [0.1, 0.15) is 23.1 Å². The summed E-state index contributed by atoms with van der Waals surface area (Å²) in [5.41, 5.74) is -0.511. The molecule has 0 unspecified atom stereocenters. The number of methoxy groups -OCH3 is 1. The van der Waals surface area contributed by atoms with Crippen LogP contribution in [0.3, 0.4) is 0 Å². The Hall–Kier alpha value is -4.09. The smallest absolute Gasteiger partial charge is 0.286 e. The van der Waals surface area contributed by atoms with Crippen molar-refractivity contribution in [2.75, 3.05) is 19.0 Å². The number of hydrogen-bond donors (Lipinski definition) is 1. The van der Waals surface area contributed by atoms with E-state index in [1.807, 2.05) is 0 Å². The molecule has 3 rings (SSSR count). The first kappa shape index (κ1) is 20.6. The van der Waals surface area contributed by atoms with Crippen LogP contribution >= 0.6 is 0 Å². The predicted octanol–water partition coefficient (Wildman–Crippen LogP) is 2.68. The molecule has 0 saturated heterocycles. The van der Waals surface area contributed by atoms with Gasteiger partial charge in [-0.15, -0.1) is 5.10 Å². The third kappa shape index (κ3) is 4.01. The Morgan fingerprint density at radius 3 is 2.67 bits per heavy atom. The molecule has 0 aliphatic heterocycles. The van der Waals surface area contributed by atoms with Gasteiger partial charge in [0.1, 0.15) is 17.1 Å². The van der Waals surface area contributed by atoms with Crippen LogP contribution in [0.15, 0.2) is 30.3 Å². The Labute approximate surface area is 169 Å². The van der Waals surface area contributed by atoms with E-state index in [0.29, 0.717) is 5.82 Å². The molecule has 0 fully saturated rings. The second-order valence-electron chi connectivity index (χ2n) is 5.97. The van der Waals surface area contributed by atoms with Crippen LogP contribution in [0.4, 0.5) is 15.8 Å². The van der Waals surface area contributed by atoms with Crippen molar-refractivity contribution in [2.24, 2.45) is 0 Å². The van der Waals surface area contributed by atoms with Crippen LogP contribution in [0.5, 0.6) is 11.5 Å². The zero-order valence-electron chi connectivity index (χ0n) is 16.2. The van der Waals surface area contributed by atoms with Crippen LogP contribution < -0.4 is 14.8 Å². The van der Waals surface area contributed by atoms with Crippen LogP contribution in [-0.2, 0) is 0 Å². The van der Waals surface area contributed by atoms with Gasteiger partial charge >= 0.3 is 0 Å². The predicted molar refractivity (Wildman–Crippen MR) is 103 cm³/mol. The summed E-state index contributed by atoms with van der Waals surface area (Å²) in [6.07, 6.45) is 0. The van der Waals surface area contributed by atoms with Gasteiger partial charge in [0, 0.05) is 11.8 Å². The minimum Gasteiger partial charge on any atom is -0.493 e. The summed E-state index contributed by atoms with van der Waals surface area (Å²) in [7, 11) is 1.35. The number of benzene rings is 2. The Morgan fingerprint density at radius 1 is 1.30 bits per heavy atom. The van der Waals surface area contributed by atoms with Crippen molar-refractivity contribution >= 4 is 17.3 Å². The number of rotatable bonds is 7. The van der Waals surface area contributed by atoms with Gasteiger partial charge < -0.3 is 14.8 Å². The van der Waals surface area contributed by atoms with E-state index in [1.54, 1.807) is 13.8 Å². The highest BCUT2D eigenvalue weighted by molar-refractivity contribution is 6.07. The lowest BCUT2D eigenvalue weighted by Gasteiger charge is -2.12.